The molecule has 0 aromatic heterocycles. The Labute approximate surface area is 130 Å². The summed E-state index contributed by atoms with van der Waals surface area (Å²) < 4.78 is 0. The molecular weight excluding hydrogens is 270 g/mol. The van der Waals surface area contributed by atoms with E-state index in [1.807, 2.05) is 60.6 Å². The van der Waals surface area contributed by atoms with Crippen molar-refractivity contribution in [2.24, 2.45) is 0 Å². The van der Waals surface area contributed by atoms with Crippen molar-refractivity contribution >= 4 is 23.2 Å². The van der Waals surface area contributed by atoms with E-state index in [0.717, 1.165) is 11.3 Å². The predicted molar refractivity (Wildman–Crippen MR) is 93.6 cm³/mol. The molecule has 0 unspecified atom stereocenters. The molecule has 1 aromatic carbocycles. The van der Waals surface area contributed by atoms with Gasteiger partial charge in [0, 0.05) is 18.1 Å². The van der Waals surface area contributed by atoms with E-state index in [-0.39, 0.29) is 5.91 Å². The number of amides is 1. The van der Waals surface area contributed by atoms with Crippen LogP contribution in [0.3, 0.4) is 0 Å². The third-order valence-corrected chi connectivity index (χ3v) is 2.43. The number of hydrogen-bond acceptors (Lipinski definition) is 1. The van der Waals surface area contributed by atoms with Crippen LogP contribution >= 0.6 is 11.6 Å². The van der Waals surface area contributed by atoms with Gasteiger partial charge in [-0.25, -0.2) is 0 Å². The highest BCUT2D eigenvalue weighted by atomic mass is 35.5. The van der Waals surface area contributed by atoms with Gasteiger partial charge in [-0.1, -0.05) is 65.8 Å². The molecule has 3 heteroatoms. The van der Waals surface area contributed by atoms with Gasteiger partial charge in [-0.3, -0.25) is 9.69 Å². The van der Waals surface area contributed by atoms with Crippen LogP contribution in [0.2, 0.25) is 5.02 Å². The van der Waals surface area contributed by atoms with Crippen molar-refractivity contribution in [3.8, 4) is 0 Å². The monoisotopic (exact) mass is 299 g/mol. The van der Waals surface area contributed by atoms with Gasteiger partial charge in [0.15, 0.2) is 0 Å². The Morgan fingerprint density at radius 1 is 1.15 bits per heavy atom. The third-order valence-electron chi connectivity index (χ3n) is 2.02. The molecule has 0 saturated heterocycles. The van der Waals surface area contributed by atoms with Gasteiger partial charge in [0.1, 0.15) is 0 Å². The molecule has 0 fully saturated rings. The van der Waals surface area contributed by atoms with Crippen LogP contribution in [0.1, 0.15) is 54.0 Å². The Morgan fingerprint density at radius 2 is 1.60 bits per heavy atom. The minimum absolute atomic E-state index is 0.0784. The lowest BCUT2D eigenvalue weighted by molar-refractivity contribution is -0.116. The normalized spacial score (nSPS) is 7.65. The molecule has 0 aliphatic carbocycles. The standard InChI is InChI=1S/C11H12ClNO.3C2H6/c1-4-13(9(3)14)11-7-5-6-10(12)8(11)2;3*1-2/h4-7H,1H2,2-3H3;3*1-2H3. The molecule has 116 valence electrons. The first-order valence-corrected chi connectivity index (χ1v) is 7.63. The quantitative estimate of drug-likeness (QED) is 0.634. The van der Waals surface area contributed by atoms with Crippen molar-refractivity contribution in [2.75, 3.05) is 4.90 Å². The van der Waals surface area contributed by atoms with Gasteiger partial charge in [-0.15, -0.1) is 0 Å². The number of anilines is 1. The minimum Gasteiger partial charge on any atom is -0.288 e. The Kier molecular flexibility index (Phi) is 18.8. The molecule has 1 aromatic rings. The first-order chi connectivity index (χ1) is 9.57. The first-order valence-electron chi connectivity index (χ1n) is 7.25. The summed E-state index contributed by atoms with van der Waals surface area (Å²) in [5, 5.41) is 0.649. The Balaban J connectivity index is -0.000000425. The summed E-state index contributed by atoms with van der Waals surface area (Å²) in [7, 11) is 0. The van der Waals surface area contributed by atoms with Crippen LogP contribution in [0.25, 0.3) is 0 Å². The first kappa shape index (κ1) is 23.8. The van der Waals surface area contributed by atoms with Gasteiger partial charge in [-0.2, -0.15) is 0 Å². The highest BCUT2D eigenvalue weighted by Crippen LogP contribution is 2.26. The molecule has 0 aliphatic heterocycles. The fraction of sp³-hybridized carbons (Fsp3) is 0.471. The number of nitrogens with zero attached hydrogens (tertiary/aromatic N) is 1. The van der Waals surface area contributed by atoms with Crippen molar-refractivity contribution in [2.45, 2.75) is 55.4 Å². The van der Waals surface area contributed by atoms with Crippen molar-refractivity contribution in [3.63, 3.8) is 0 Å². The highest BCUT2D eigenvalue weighted by molar-refractivity contribution is 6.31. The Morgan fingerprint density at radius 3 is 1.95 bits per heavy atom. The van der Waals surface area contributed by atoms with Crippen molar-refractivity contribution in [1.29, 1.82) is 0 Å². The maximum absolute atomic E-state index is 11.3. The van der Waals surface area contributed by atoms with Crippen LogP contribution in [0.5, 0.6) is 0 Å². The van der Waals surface area contributed by atoms with Crippen molar-refractivity contribution in [3.05, 3.63) is 41.6 Å². The molecule has 0 radical (unpaired) electrons. The summed E-state index contributed by atoms with van der Waals surface area (Å²) in [4.78, 5) is 12.7. The molecule has 1 amide bonds. The predicted octanol–water partition coefficient (Wildman–Crippen LogP) is 6.22. The highest BCUT2D eigenvalue weighted by Gasteiger charge is 2.11. The van der Waals surface area contributed by atoms with Gasteiger partial charge in [-0.05, 0) is 24.6 Å². The van der Waals surface area contributed by atoms with Crippen LogP contribution in [0.4, 0.5) is 5.69 Å². The molecule has 0 N–H and O–H groups in total. The summed E-state index contributed by atoms with van der Waals surface area (Å²) in [6.45, 7) is 19.0. The summed E-state index contributed by atoms with van der Waals surface area (Å²) in [6, 6.07) is 5.44. The number of halogens is 1. The number of carbonyl (C=O) groups excluding carboxylic acids is 1. The van der Waals surface area contributed by atoms with Gasteiger partial charge in [0.05, 0.1) is 5.69 Å². The molecule has 0 bridgehead atoms. The fourth-order valence-electron chi connectivity index (χ4n) is 1.25. The second-order valence-corrected chi connectivity index (χ2v) is 3.36. The molecule has 0 atom stereocenters. The number of hydrogen-bond donors (Lipinski definition) is 0. The average molecular weight is 300 g/mol. The number of benzene rings is 1. The number of carbonyl (C=O) groups is 1. The Hall–Kier alpha value is -1.28. The summed E-state index contributed by atoms with van der Waals surface area (Å²) in [5.41, 5.74) is 1.66. The summed E-state index contributed by atoms with van der Waals surface area (Å²) in [5.74, 6) is -0.0784. The molecule has 0 aliphatic rings. The maximum Gasteiger partial charge on any atom is 0.227 e. The van der Waals surface area contributed by atoms with Crippen LogP contribution in [0, 0.1) is 6.92 Å². The molecule has 20 heavy (non-hydrogen) atoms. The fourth-order valence-corrected chi connectivity index (χ4v) is 1.42. The summed E-state index contributed by atoms with van der Waals surface area (Å²) in [6.07, 6.45) is 1.49. The van der Waals surface area contributed by atoms with Gasteiger partial charge < -0.3 is 0 Å². The third kappa shape index (κ3) is 8.00. The second kappa shape index (κ2) is 15.8. The van der Waals surface area contributed by atoms with E-state index in [2.05, 4.69) is 6.58 Å². The molecule has 1 rings (SSSR count). The van der Waals surface area contributed by atoms with Crippen molar-refractivity contribution in [1.82, 2.24) is 0 Å². The SMILES string of the molecule is C=CN(C(C)=O)c1cccc(Cl)c1C.CC.CC.CC. The minimum atomic E-state index is -0.0784. The van der Waals surface area contributed by atoms with Crippen LogP contribution in [-0.2, 0) is 4.79 Å². The maximum atomic E-state index is 11.3. The zero-order valence-corrected chi connectivity index (χ0v) is 15.0. The Bertz CT molecular complexity index is 375. The average Bonchev–Trinajstić information content (AvgIpc) is 2.50. The van der Waals surface area contributed by atoms with E-state index in [9.17, 15) is 4.79 Å². The van der Waals surface area contributed by atoms with E-state index >= 15 is 0 Å². The lowest BCUT2D eigenvalue weighted by atomic mass is 10.2. The van der Waals surface area contributed by atoms with E-state index in [1.165, 1.54) is 18.0 Å². The van der Waals surface area contributed by atoms with Crippen molar-refractivity contribution < 1.29 is 4.79 Å². The van der Waals surface area contributed by atoms with Gasteiger partial charge >= 0.3 is 0 Å². The molecule has 2 nitrogen and oxygen atoms in total. The molecule has 0 spiro atoms. The van der Waals surface area contributed by atoms with Gasteiger partial charge in [0.2, 0.25) is 5.91 Å². The molecular formula is C17H30ClNO. The zero-order valence-electron chi connectivity index (χ0n) is 14.2. The number of rotatable bonds is 2. The van der Waals surface area contributed by atoms with Crippen LogP contribution in [0.15, 0.2) is 31.0 Å². The topological polar surface area (TPSA) is 20.3 Å². The smallest absolute Gasteiger partial charge is 0.227 e. The largest absolute Gasteiger partial charge is 0.288 e. The lowest BCUT2D eigenvalue weighted by Crippen LogP contribution is -2.22. The zero-order chi connectivity index (χ0) is 16.7. The van der Waals surface area contributed by atoms with Crippen LogP contribution in [-0.4, -0.2) is 5.91 Å². The van der Waals surface area contributed by atoms with Gasteiger partial charge in [0.25, 0.3) is 0 Å². The summed E-state index contributed by atoms with van der Waals surface area (Å²) >= 11 is 5.95. The molecule has 0 heterocycles. The van der Waals surface area contributed by atoms with Crippen LogP contribution < -0.4 is 4.90 Å². The second-order valence-electron chi connectivity index (χ2n) is 2.96. The lowest BCUT2D eigenvalue weighted by Gasteiger charge is -2.18. The molecule has 0 saturated carbocycles. The van der Waals surface area contributed by atoms with E-state index in [0.29, 0.717) is 5.02 Å². The van der Waals surface area contributed by atoms with E-state index < -0.39 is 0 Å². The van der Waals surface area contributed by atoms with E-state index in [1.54, 1.807) is 6.07 Å². The van der Waals surface area contributed by atoms with E-state index in [4.69, 9.17) is 11.6 Å².